The molecule has 2 aromatic rings. The fourth-order valence-corrected chi connectivity index (χ4v) is 4.36. The highest BCUT2D eigenvalue weighted by molar-refractivity contribution is 5.93. The average molecular weight is 434 g/mol. The van der Waals surface area contributed by atoms with Gasteiger partial charge in [-0.25, -0.2) is 14.8 Å². The summed E-state index contributed by atoms with van der Waals surface area (Å²) in [6.07, 6.45) is -4.42. The molecular formula is C21H21F3N4O3. The number of amides is 1. The number of para-hydroxylation sites is 1. The number of carbonyl (C=O) groups is 2. The standard InChI is InChI=1S/C21H21F3N4O3/c1-12-7-16(20(30)31-2)26-18(25-12)19(29)28-10-13-8-27(9-14(13)11-28)17-6-4-3-5-15(17)21(22,23)24/h3-7,13-14H,8-11H2,1-2H3/t13-,14+. The maximum absolute atomic E-state index is 13.4. The number of anilines is 1. The van der Waals surface area contributed by atoms with Crippen molar-refractivity contribution in [3.8, 4) is 0 Å². The van der Waals surface area contributed by atoms with Crippen LogP contribution in [0.15, 0.2) is 30.3 Å². The van der Waals surface area contributed by atoms with E-state index in [1.165, 1.54) is 25.3 Å². The number of alkyl halides is 3. The first-order valence-corrected chi connectivity index (χ1v) is 9.82. The highest BCUT2D eigenvalue weighted by Gasteiger charge is 2.44. The molecule has 2 saturated heterocycles. The Balaban J connectivity index is 1.48. The number of esters is 1. The van der Waals surface area contributed by atoms with E-state index >= 15 is 0 Å². The Morgan fingerprint density at radius 2 is 1.71 bits per heavy atom. The molecule has 0 saturated carbocycles. The SMILES string of the molecule is COC(=O)c1cc(C)nc(C(=O)N2C[C@@H]3CN(c4ccccc4C(F)(F)F)C[C@@H]3C2)n1. The third kappa shape index (κ3) is 4.06. The molecule has 10 heteroatoms. The van der Waals surface area contributed by atoms with Crippen LogP contribution in [0, 0.1) is 18.8 Å². The summed E-state index contributed by atoms with van der Waals surface area (Å²) in [5, 5.41) is 0. The lowest BCUT2D eigenvalue weighted by Crippen LogP contribution is -2.35. The average Bonchev–Trinajstić information content (AvgIpc) is 3.31. The lowest BCUT2D eigenvalue weighted by atomic mass is 10.0. The molecule has 0 bridgehead atoms. The quantitative estimate of drug-likeness (QED) is 0.692. The number of methoxy groups -OCH3 is 1. The lowest BCUT2D eigenvalue weighted by Gasteiger charge is -2.25. The van der Waals surface area contributed by atoms with E-state index in [-0.39, 0.29) is 29.0 Å². The number of nitrogens with zero attached hydrogens (tertiary/aromatic N) is 4. The monoisotopic (exact) mass is 434 g/mol. The van der Waals surface area contributed by atoms with Crippen molar-refractivity contribution in [3.63, 3.8) is 0 Å². The number of fused-ring (bicyclic) bond motifs is 1. The van der Waals surface area contributed by atoms with E-state index in [2.05, 4.69) is 14.7 Å². The van der Waals surface area contributed by atoms with Crippen molar-refractivity contribution in [1.29, 1.82) is 0 Å². The number of likely N-dealkylation sites (tertiary alicyclic amines) is 1. The number of rotatable bonds is 3. The van der Waals surface area contributed by atoms with Gasteiger partial charge in [0.1, 0.15) is 0 Å². The topological polar surface area (TPSA) is 75.6 Å². The summed E-state index contributed by atoms with van der Waals surface area (Å²) in [7, 11) is 1.23. The zero-order valence-electron chi connectivity index (χ0n) is 17.0. The molecule has 2 aliphatic heterocycles. The van der Waals surface area contributed by atoms with Gasteiger partial charge in [-0.15, -0.1) is 0 Å². The van der Waals surface area contributed by atoms with Crippen LogP contribution in [0.1, 0.15) is 32.4 Å². The predicted molar refractivity (Wildman–Crippen MR) is 105 cm³/mol. The molecule has 0 radical (unpaired) electrons. The Kier molecular flexibility index (Phi) is 5.32. The van der Waals surface area contributed by atoms with E-state index < -0.39 is 23.6 Å². The lowest BCUT2D eigenvalue weighted by molar-refractivity contribution is -0.137. The summed E-state index contributed by atoms with van der Waals surface area (Å²) in [6, 6.07) is 7.00. The number of carbonyl (C=O) groups excluding carboxylic acids is 2. The van der Waals surface area contributed by atoms with Crippen LogP contribution in [0.3, 0.4) is 0 Å². The molecule has 7 nitrogen and oxygen atoms in total. The van der Waals surface area contributed by atoms with E-state index in [9.17, 15) is 22.8 Å². The van der Waals surface area contributed by atoms with Crippen LogP contribution >= 0.6 is 0 Å². The first kappa shape index (κ1) is 21.1. The summed E-state index contributed by atoms with van der Waals surface area (Å²) in [5.41, 5.74) is -0.000770. The highest BCUT2D eigenvalue weighted by atomic mass is 19.4. The molecule has 0 spiro atoms. The number of aryl methyl sites for hydroxylation is 1. The minimum absolute atomic E-state index is 0.00711. The molecular weight excluding hydrogens is 413 g/mol. The van der Waals surface area contributed by atoms with Crippen molar-refractivity contribution in [3.05, 3.63) is 53.1 Å². The Morgan fingerprint density at radius 3 is 2.32 bits per heavy atom. The highest BCUT2D eigenvalue weighted by Crippen LogP contribution is 2.40. The van der Waals surface area contributed by atoms with Crippen molar-refractivity contribution >= 4 is 17.6 Å². The maximum Gasteiger partial charge on any atom is 0.418 e. The van der Waals surface area contributed by atoms with Crippen molar-refractivity contribution in [2.24, 2.45) is 11.8 Å². The zero-order chi connectivity index (χ0) is 22.3. The van der Waals surface area contributed by atoms with Gasteiger partial charge in [0.05, 0.1) is 12.7 Å². The van der Waals surface area contributed by atoms with Crippen LogP contribution in [-0.2, 0) is 10.9 Å². The van der Waals surface area contributed by atoms with Crippen LogP contribution in [0.5, 0.6) is 0 Å². The summed E-state index contributed by atoms with van der Waals surface area (Å²) >= 11 is 0. The molecule has 2 atom stereocenters. The molecule has 31 heavy (non-hydrogen) atoms. The molecule has 164 valence electrons. The van der Waals surface area contributed by atoms with Gasteiger partial charge >= 0.3 is 12.1 Å². The fraction of sp³-hybridized carbons (Fsp3) is 0.429. The van der Waals surface area contributed by atoms with Crippen LogP contribution in [0.4, 0.5) is 18.9 Å². The van der Waals surface area contributed by atoms with Crippen LogP contribution in [0.25, 0.3) is 0 Å². The molecule has 0 aliphatic carbocycles. The van der Waals surface area contributed by atoms with Gasteiger partial charge in [0, 0.05) is 49.4 Å². The number of halogens is 3. The molecule has 4 rings (SSSR count). The summed E-state index contributed by atoms with van der Waals surface area (Å²) in [6.45, 7) is 3.32. The van der Waals surface area contributed by atoms with Crippen molar-refractivity contribution < 1.29 is 27.5 Å². The van der Waals surface area contributed by atoms with Crippen LogP contribution < -0.4 is 4.90 Å². The smallest absolute Gasteiger partial charge is 0.418 e. The van der Waals surface area contributed by atoms with Gasteiger partial charge in [-0.2, -0.15) is 13.2 Å². The van der Waals surface area contributed by atoms with Gasteiger partial charge in [0.15, 0.2) is 5.69 Å². The van der Waals surface area contributed by atoms with E-state index in [0.717, 1.165) is 6.07 Å². The Hall–Kier alpha value is -3.17. The number of ether oxygens (including phenoxy) is 1. The molecule has 2 aliphatic rings. The molecule has 3 heterocycles. The summed E-state index contributed by atoms with van der Waals surface area (Å²) < 4.78 is 44.8. The van der Waals surface area contributed by atoms with Gasteiger partial charge in [-0.1, -0.05) is 12.1 Å². The molecule has 0 N–H and O–H groups in total. The second-order valence-corrected chi connectivity index (χ2v) is 7.86. The summed E-state index contributed by atoms with van der Waals surface area (Å²) in [4.78, 5) is 36.2. The fourth-order valence-electron chi connectivity index (χ4n) is 4.36. The van der Waals surface area contributed by atoms with Gasteiger partial charge in [0.2, 0.25) is 5.82 Å². The molecule has 0 unspecified atom stereocenters. The van der Waals surface area contributed by atoms with Crippen LogP contribution in [-0.4, -0.2) is 60.0 Å². The van der Waals surface area contributed by atoms with Gasteiger partial charge < -0.3 is 14.5 Å². The minimum Gasteiger partial charge on any atom is -0.464 e. The second-order valence-electron chi connectivity index (χ2n) is 7.86. The molecule has 2 fully saturated rings. The second kappa shape index (κ2) is 7.82. The number of benzene rings is 1. The zero-order valence-corrected chi connectivity index (χ0v) is 17.0. The van der Waals surface area contributed by atoms with E-state index in [1.54, 1.807) is 22.8 Å². The Labute approximate surface area is 176 Å². The molecule has 1 aromatic heterocycles. The maximum atomic E-state index is 13.4. The number of aromatic nitrogens is 2. The van der Waals surface area contributed by atoms with Gasteiger partial charge in [-0.3, -0.25) is 4.79 Å². The van der Waals surface area contributed by atoms with Gasteiger partial charge in [-0.05, 0) is 25.1 Å². The molecule has 1 aromatic carbocycles. The Bertz CT molecular complexity index is 1010. The Morgan fingerprint density at radius 1 is 1.06 bits per heavy atom. The molecule has 1 amide bonds. The largest absolute Gasteiger partial charge is 0.464 e. The third-order valence-electron chi connectivity index (χ3n) is 5.76. The van der Waals surface area contributed by atoms with Crippen molar-refractivity contribution in [2.45, 2.75) is 13.1 Å². The number of hydrogen-bond acceptors (Lipinski definition) is 6. The van der Waals surface area contributed by atoms with E-state index in [0.29, 0.717) is 31.9 Å². The number of hydrogen-bond donors (Lipinski definition) is 0. The van der Waals surface area contributed by atoms with Gasteiger partial charge in [0.25, 0.3) is 5.91 Å². The first-order valence-electron chi connectivity index (χ1n) is 9.82. The van der Waals surface area contributed by atoms with E-state index in [4.69, 9.17) is 0 Å². The summed E-state index contributed by atoms with van der Waals surface area (Å²) in [5.74, 6) is -1.03. The predicted octanol–water partition coefficient (Wildman–Crippen LogP) is 2.80. The van der Waals surface area contributed by atoms with Crippen molar-refractivity contribution in [2.75, 3.05) is 38.2 Å². The minimum atomic E-state index is -4.42. The van der Waals surface area contributed by atoms with Crippen molar-refractivity contribution in [1.82, 2.24) is 14.9 Å². The van der Waals surface area contributed by atoms with Crippen LogP contribution in [0.2, 0.25) is 0 Å². The first-order chi connectivity index (χ1) is 14.7. The normalized spacial score (nSPS) is 20.7. The third-order valence-corrected chi connectivity index (χ3v) is 5.76. The van der Waals surface area contributed by atoms with E-state index in [1.807, 2.05) is 0 Å².